The molecule has 0 bridgehead atoms. The van der Waals surface area contributed by atoms with Gasteiger partial charge < -0.3 is 4.74 Å². The molecule has 1 heteroatoms. The largest absolute Gasteiger partial charge is 0.456 e. The molecule has 42 heavy (non-hydrogen) atoms. The molecule has 0 aromatic heterocycles. The predicted octanol–water partition coefficient (Wildman–Crippen LogP) is 11.4. The van der Waals surface area contributed by atoms with E-state index in [0.717, 1.165) is 17.1 Å². The molecule has 0 unspecified atom stereocenters. The van der Waals surface area contributed by atoms with Crippen LogP contribution in [-0.4, -0.2) is 0 Å². The second-order valence-electron chi connectivity index (χ2n) is 12.1. The van der Waals surface area contributed by atoms with Gasteiger partial charge in [-0.15, -0.1) is 0 Å². The zero-order chi connectivity index (χ0) is 28.0. The van der Waals surface area contributed by atoms with Crippen LogP contribution >= 0.6 is 0 Å². The fourth-order valence-electron chi connectivity index (χ4n) is 7.48. The molecule has 1 aliphatic carbocycles. The molecule has 1 aliphatic heterocycles. The highest BCUT2D eigenvalue weighted by atomic mass is 16.5. The first-order valence-electron chi connectivity index (χ1n) is 14.7. The van der Waals surface area contributed by atoms with Crippen molar-refractivity contribution >= 4 is 21.5 Å². The first-order valence-corrected chi connectivity index (χ1v) is 14.7. The summed E-state index contributed by atoms with van der Waals surface area (Å²) < 4.78 is 6.38. The molecule has 0 atom stereocenters. The third-order valence-electron chi connectivity index (χ3n) is 9.49. The van der Waals surface area contributed by atoms with Gasteiger partial charge in [-0.05, 0) is 84.4 Å². The summed E-state index contributed by atoms with van der Waals surface area (Å²) in [4.78, 5) is 0. The first-order chi connectivity index (χ1) is 20.6. The van der Waals surface area contributed by atoms with Gasteiger partial charge in [0.25, 0.3) is 0 Å². The molecule has 198 valence electrons. The lowest BCUT2D eigenvalue weighted by molar-refractivity contribution is 0.487. The number of fused-ring (bicyclic) bond motifs is 7. The lowest BCUT2D eigenvalue weighted by Gasteiger charge is -2.23. The van der Waals surface area contributed by atoms with Gasteiger partial charge in [0, 0.05) is 16.4 Å². The number of ether oxygens (including phenoxy) is 1. The average molecular weight is 537 g/mol. The Morgan fingerprint density at radius 3 is 2.02 bits per heavy atom. The number of para-hydroxylation sites is 1. The van der Waals surface area contributed by atoms with Crippen molar-refractivity contribution in [2.45, 2.75) is 19.3 Å². The standard InChI is InChI=1S/C41H28O/c1-41(2)35-21-18-26(28-20-23-38-40-31(28)14-9-16-33(40)30-12-6-7-17-37(30)42-38)24-34(35)39-32-15-8-13-27(25-10-4-3-5-11-25)29(32)19-22-36(39)41/h3-24H,1-2H3. The molecule has 0 amide bonds. The molecular formula is C41H28O. The van der Waals surface area contributed by atoms with Crippen LogP contribution in [-0.2, 0) is 5.41 Å². The predicted molar refractivity (Wildman–Crippen MR) is 175 cm³/mol. The summed E-state index contributed by atoms with van der Waals surface area (Å²) in [7, 11) is 0. The monoisotopic (exact) mass is 536 g/mol. The number of hydrogen-bond donors (Lipinski definition) is 0. The van der Waals surface area contributed by atoms with Crippen molar-refractivity contribution in [1.29, 1.82) is 0 Å². The van der Waals surface area contributed by atoms with Gasteiger partial charge in [0.1, 0.15) is 11.5 Å². The van der Waals surface area contributed by atoms with E-state index in [1.54, 1.807) is 0 Å². The van der Waals surface area contributed by atoms with Crippen molar-refractivity contribution in [3.63, 3.8) is 0 Å². The van der Waals surface area contributed by atoms with E-state index in [9.17, 15) is 0 Å². The molecule has 7 aromatic carbocycles. The summed E-state index contributed by atoms with van der Waals surface area (Å²) in [5.41, 5.74) is 12.8. The van der Waals surface area contributed by atoms with Crippen LogP contribution in [0.1, 0.15) is 25.0 Å². The molecule has 1 heterocycles. The van der Waals surface area contributed by atoms with Gasteiger partial charge in [0.2, 0.25) is 0 Å². The molecule has 7 aromatic rings. The van der Waals surface area contributed by atoms with Crippen molar-refractivity contribution in [2.24, 2.45) is 0 Å². The van der Waals surface area contributed by atoms with Crippen molar-refractivity contribution in [1.82, 2.24) is 0 Å². The number of hydrogen-bond acceptors (Lipinski definition) is 1. The maximum atomic E-state index is 6.38. The summed E-state index contributed by atoms with van der Waals surface area (Å²) in [6.07, 6.45) is 0. The molecule has 9 rings (SSSR count). The smallest absolute Gasteiger partial charge is 0.135 e. The van der Waals surface area contributed by atoms with Crippen LogP contribution < -0.4 is 4.74 Å². The second-order valence-corrected chi connectivity index (χ2v) is 12.1. The van der Waals surface area contributed by atoms with E-state index < -0.39 is 0 Å². The van der Waals surface area contributed by atoms with Crippen LogP contribution in [0.4, 0.5) is 0 Å². The van der Waals surface area contributed by atoms with Gasteiger partial charge in [-0.25, -0.2) is 0 Å². The van der Waals surface area contributed by atoms with Crippen molar-refractivity contribution < 1.29 is 4.74 Å². The highest BCUT2D eigenvalue weighted by molar-refractivity contribution is 6.11. The summed E-state index contributed by atoms with van der Waals surface area (Å²) in [5.74, 6) is 1.85. The molecule has 0 saturated heterocycles. The third kappa shape index (κ3) is 3.14. The maximum Gasteiger partial charge on any atom is 0.135 e. The van der Waals surface area contributed by atoms with Crippen LogP contribution in [0.15, 0.2) is 133 Å². The molecule has 0 spiro atoms. The molecule has 0 N–H and O–H groups in total. The minimum absolute atomic E-state index is 0.0718. The Hall–Kier alpha value is -5.14. The Bertz CT molecular complexity index is 2240. The normalized spacial score (nSPS) is 13.9. The van der Waals surface area contributed by atoms with Gasteiger partial charge in [-0.1, -0.05) is 129 Å². The second kappa shape index (κ2) is 8.44. The zero-order valence-corrected chi connectivity index (χ0v) is 23.6. The number of benzene rings is 7. The minimum Gasteiger partial charge on any atom is -0.456 e. The van der Waals surface area contributed by atoms with Crippen molar-refractivity contribution in [3.8, 4) is 56.0 Å². The van der Waals surface area contributed by atoms with E-state index in [2.05, 4.69) is 141 Å². The molecule has 0 radical (unpaired) electrons. The first kappa shape index (κ1) is 23.6. The molecular weight excluding hydrogens is 508 g/mol. The quantitative estimate of drug-likeness (QED) is 0.213. The van der Waals surface area contributed by atoms with Crippen LogP contribution in [0.2, 0.25) is 0 Å². The van der Waals surface area contributed by atoms with Gasteiger partial charge in [0.05, 0.1) is 0 Å². The van der Waals surface area contributed by atoms with Crippen LogP contribution in [0.5, 0.6) is 11.5 Å². The summed E-state index contributed by atoms with van der Waals surface area (Å²) in [5, 5.41) is 5.03. The van der Waals surface area contributed by atoms with Gasteiger partial charge in [0.15, 0.2) is 0 Å². The Kier molecular flexibility index (Phi) is 4.73. The lowest BCUT2D eigenvalue weighted by Crippen LogP contribution is -2.14. The molecule has 2 aliphatic rings. The lowest BCUT2D eigenvalue weighted by atomic mass is 9.81. The summed E-state index contributed by atoms with van der Waals surface area (Å²) >= 11 is 0. The summed E-state index contributed by atoms with van der Waals surface area (Å²) in [6.45, 7) is 4.73. The van der Waals surface area contributed by atoms with Crippen molar-refractivity contribution in [2.75, 3.05) is 0 Å². The highest BCUT2D eigenvalue weighted by Gasteiger charge is 2.37. The Morgan fingerprint density at radius 2 is 1.14 bits per heavy atom. The fourth-order valence-corrected chi connectivity index (χ4v) is 7.48. The molecule has 0 saturated carbocycles. The Labute approximate surface area is 245 Å². The van der Waals surface area contributed by atoms with E-state index in [-0.39, 0.29) is 5.41 Å². The van der Waals surface area contributed by atoms with E-state index >= 15 is 0 Å². The Morgan fingerprint density at radius 1 is 0.429 bits per heavy atom. The van der Waals surface area contributed by atoms with Gasteiger partial charge in [-0.3, -0.25) is 0 Å². The van der Waals surface area contributed by atoms with Gasteiger partial charge in [-0.2, -0.15) is 0 Å². The molecule has 1 nitrogen and oxygen atoms in total. The highest BCUT2D eigenvalue weighted by Crippen LogP contribution is 2.54. The molecule has 0 fully saturated rings. The minimum atomic E-state index is -0.0718. The van der Waals surface area contributed by atoms with Crippen LogP contribution in [0.3, 0.4) is 0 Å². The average Bonchev–Trinajstić information content (AvgIpc) is 3.27. The summed E-state index contributed by atoms with van der Waals surface area (Å²) in [6, 6.07) is 48.6. The topological polar surface area (TPSA) is 9.23 Å². The third-order valence-corrected chi connectivity index (χ3v) is 9.49. The van der Waals surface area contributed by atoms with Crippen LogP contribution in [0.25, 0.3) is 66.1 Å². The van der Waals surface area contributed by atoms with E-state index in [1.165, 1.54) is 71.6 Å². The number of rotatable bonds is 2. The zero-order valence-electron chi connectivity index (χ0n) is 23.6. The maximum absolute atomic E-state index is 6.38. The van der Waals surface area contributed by atoms with Crippen molar-refractivity contribution in [3.05, 3.63) is 145 Å². The SMILES string of the molecule is CC1(C)c2ccc(-c3ccc4c5c(cccc35)-c3ccccc3O4)cc2-c2c1ccc1c(-c3ccccc3)cccc21. The van der Waals surface area contributed by atoms with E-state index in [0.29, 0.717) is 0 Å². The van der Waals surface area contributed by atoms with Crippen LogP contribution in [0, 0.1) is 0 Å². The fraction of sp³-hybridized carbons (Fsp3) is 0.0732. The Balaban J connectivity index is 1.28. The van der Waals surface area contributed by atoms with Gasteiger partial charge >= 0.3 is 0 Å². The van der Waals surface area contributed by atoms with E-state index in [4.69, 9.17) is 4.74 Å². The van der Waals surface area contributed by atoms with E-state index in [1.807, 2.05) is 6.07 Å².